The van der Waals surface area contributed by atoms with Gasteiger partial charge in [-0.05, 0) is 36.8 Å². The second kappa shape index (κ2) is 6.13. The lowest BCUT2D eigenvalue weighted by molar-refractivity contribution is 0.582. The molecule has 0 fully saturated rings. The van der Waals surface area contributed by atoms with Crippen molar-refractivity contribution in [3.05, 3.63) is 45.1 Å². The molecule has 2 rings (SSSR count). The van der Waals surface area contributed by atoms with Crippen LogP contribution in [-0.4, -0.2) is 8.42 Å². The lowest BCUT2D eigenvalue weighted by atomic mass is 10.3. The topological polar surface area (TPSA) is 72.2 Å². The Bertz CT molecular complexity index is 711. The average Bonchev–Trinajstić information content (AvgIpc) is 2.87. The van der Waals surface area contributed by atoms with Crippen LogP contribution in [0.2, 0.25) is 5.02 Å². The van der Waals surface area contributed by atoms with Crippen LogP contribution in [0.3, 0.4) is 0 Å². The van der Waals surface area contributed by atoms with E-state index in [1.165, 1.54) is 17.0 Å². The fourth-order valence-electron chi connectivity index (χ4n) is 1.68. The summed E-state index contributed by atoms with van der Waals surface area (Å²) in [5.41, 5.74) is 5.96. The van der Waals surface area contributed by atoms with Crippen LogP contribution in [-0.2, 0) is 23.0 Å². The number of nitrogens with two attached hydrogens (primary N) is 1. The van der Waals surface area contributed by atoms with Gasteiger partial charge in [-0.1, -0.05) is 18.5 Å². The van der Waals surface area contributed by atoms with Crippen LogP contribution in [0.4, 0.5) is 5.69 Å². The molecule has 0 aliphatic heterocycles. The molecular weight excluding hydrogens is 316 g/mol. The Balaban J connectivity index is 2.17. The summed E-state index contributed by atoms with van der Waals surface area (Å²) in [5.74, 6) is 0. The van der Waals surface area contributed by atoms with E-state index in [-0.39, 0.29) is 16.5 Å². The third-order valence-corrected chi connectivity index (χ3v) is 5.86. The number of anilines is 1. The quantitative estimate of drug-likeness (QED) is 0.828. The van der Waals surface area contributed by atoms with Gasteiger partial charge in [0.25, 0.3) is 0 Å². The monoisotopic (exact) mass is 330 g/mol. The van der Waals surface area contributed by atoms with Crippen molar-refractivity contribution in [2.24, 2.45) is 0 Å². The van der Waals surface area contributed by atoms with Gasteiger partial charge in [0.05, 0.1) is 5.02 Å². The predicted molar refractivity (Wildman–Crippen MR) is 83.6 cm³/mol. The number of hydrogen-bond acceptors (Lipinski definition) is 4. The zero-order valence-corrected chi connectivity index (χ0v) is 13.3. The van der Waals surface area contributed by atoms with Crippen LogP contribution in [0.5, 0.6) is 0 Å². The first-order chi connectivity index (χ1) is 9.42. The number of thiophene rings is 1. The molecule has 3 N–H and O–H groups in total. The minimum atomic E-state index is -3.66. The summed E-state index contributed by atoms with van der Waals surface area (Å²) in [4.78, 5) is 2.19. The van der Waals surface area contributed by atoms with Gasteiger partial charge in [0.1, 0.15) is 4.90 Å². The summed E-state index contributed by atoms with van der Waals surface area (Å²) < 4.78 is 27.0. The first-order valence-electron chi connectivity index (χ1n) is 6.04. The van der Waals surface area contributed by atoms with Crippen LogP contribution in [0.25, 0.3) is 0 Å². The Morgan fingerprint density at radius 2 is 1.95 bits per heavy atom. The molecule has 1 aromatic carbocycles. The molecule has 0 spiro atoms. The van der Waals surface area contributed by atoms with Crippen molar-refractivity contribution in [3.63, 3.8) is 0 Å². The smallest absolute Gasteiger partial charge is 0.242 e. The molecule has 4 nitrogen and oxygen atoms in total. The molecule has 0 atom stereocenters. The highest BCUT2D eigenvalue weighted by Gasteiger charge is 2.18. The van der Waals surface area contributed by atoms with Crippen LogP contribution in [0.15, 0.2) is 35.2 Å². The van der Waals surface area contributed by atoms with Crippen molar-refractivity contribution in [2.75, 3.05) is 5.73 Å². The average molecular weight is 331 g/mol. The molecule has 0 saturated heterocycles. The molecule has 1 aromatic heterocycles. The van der Waals surface area contributed by atoms with Crippen molar-refractivity contribution in [1.82, 2.24) is 4.72 Å². The van der Waals surface area contributed by atoms with Crippen molar-refractivity contribution in [1.29, 1.82) is 0 Å². The Labute approximate surface area is 127 Å². The first kappa shape index (κ1) is 15.3. The summed E-state index contributed by atoms with van der Waals surface area (Å²) in [5, 5.41) is 0.159. The molecule has 7 heteroatoms. The number of aryl methyl sites for hydroxylation is 1. The Kier molecular flexibility index (Phi) is 4.70. The maximum atomic E-state index is 12.2. The number of hydrogen-bond donors (Lipinski definition) is 2. The van der Waals surface area contributed by atoms with Gasteiger partial charge < -0.3 is 5.73 Å². The molecule has 0 aliphatic carbocycles. The van der Waals surface area contributed by atoms with Crippen molar-refractivity contribution in [3.8, 4) is 0 Å². The van der Waals surface area contributed by atoms with Gasteiger partial charge in [0.15, 0.2) is 0 Å². The molecule has 1 heterocycles. The van der Waals surface area contributed by atoms with E-state index in [0.29, 0.717) is 5.69 Å². The van der Waals surface area contributed by atoms with Gasteiger partial charge in [-0.2, -0.15) is 0 Å². The van der Waals surface area contributed by atoms with Crippen molar-refractivity contribution >= 4 is 38.6 Å². The number of benzene rings is 1. The van der Waals surface area contributed by atoms with Gasteiger partial charge in [0.2, 0.25) is 10.0 Å². The van der Waals surface area contributed by atoms with Gasteiger partial charge in [-0.3, -0.25) is 0 Å². The van der Waals surface area contributed by atoms with E-state index in [9.17, 15) is 8.42 Å². The van der Waals surface area contributed by atoms with E-state index >= 15 is 0 Å². The fourth-order valence-corrected chi connectivity index (χ4v) is 4.21. The fraction of sp³-hybridized carbons (Fsp3) is 0.231. The molecule has 20 heavy (non-hydrogen) atoms. The summed E-state index contributed by atoms with van der Waals surface area (Å²) in [6.45, 7) is 2.31. The SMILES string of the molecule is CCc1ccc(CNS(=O)(=O)c2cc(N)ccc2Cl)s1. The van der Waals surface area contributed by atoms with E-state index in [2.05, 4.69) is 11.6 Å². The zero-order chi connectivity index (χ0) is 14.8. The molecule has 108 valence electrons. The Hall–Kier alpha value is -1.08. The second-order valence-corrected chi connectivity index (χ2v) is 7.63. The van der Waals surface area contributed by atoms with Crippen LogP contribution >= 0.6 is 22.9 Å². The highest BCUT2D eigenvalue weighted by Crippen LogP contribution is 2.24. The zero-order valence-electron chi connectivity index (χ0n) is 10.9. The summed E-state index contributed by atoms with van der Waals surface area (Å²) >= 11 is 7.51. The lowest BCUT2D eigenvalue weighted by Gasteiger charge is -2.08. The summed E-state index contributed by atoms with van der Waals surface area (Å²) in [6, 6.07) is 8.32. The predicted octanol–water partition coefficient (Wildman–Crippen LogP) is 3.02. The highest BCUT2D eigenvalue weighted by molar-refractivity contribution is 7.89. The molecule has 0 bridgehead atoms. The van der Waals surface area contributed by atoms with Gasteiger partial charge >= 0.3 is 0 Å². The van der Waals surface area contributed by atoms with E-state index in [1.54, 1.807) is 17.4 Å². The largest absolute Gasteiger partial charge is 0.399 e. The number of sulfonamides is 1. The maximum Gasteiger partial charge on any atom is 0.242 e. The van der Waals surface area contributed by atoms with E-state index < -0.39 is 10.0 Å². The Morgan fingerprint density at radius 3 is 2.60 bits per heavy atom. The summed E-state index contributed by atoms with van der Waals surface area (Å²) in [7, 11) is -3.66. The third kappa shape index (κ3) is 3.52. The molecule has 0 saturated carbocycles. The van der Waals surface area contributed by atoms with Gasteiger partial charge in [-0.25, -0.2) is 13.1 Å². The van der Waals surface area contributed by atoms with Gasteiger partial charge in [-0.15, -0.1) is 11.3 Å². The van der Waals surface area contributed by atoms with E-state index in [1.807, 2.05) is 12.1 Å². The molecule has 0 aliphatic rings. The number of halogens is 1. The molecule has 0 radical (unpaired) electrons. The summed E-state index contributed by atoms with van der Waals surface area (Å²) in [6.07, 6.45) is 0.943. The highest BCUT2D eigenvalue weighted by atomic mass is 35.5. The molecule has 2 aromatic rings. The van der Waals surface area contributed by atoms with Crippen molar-refractivity contribution in [2.45, 2.75) is 24.8 Å². The van der Waals surface area contributed by atoms with E-state index in [0.717, 1.165) is 11.3 Å². The number of nitrogen functional groups attached to an aromatic ring is 1. The first-order valence-corrected chi connectivity index (χ1v) is 8.72. The molecular formula is C13H15ClN2O2S2. The third-order valence-electron chi connectivity index (χ3n) is 2.75. The van der Waals surface area contributed by atoms with Crippen LogP contribution in [0, 0.1) is 0 Å². The minimum absolute atomic E-state index is 0.00596. The number of nitrogens with one attached hydrogen (secondary N) is 1. The van der Waals surface area contributed by atoms with Crippen LogP contribution < -0.4 is 10.5 Å². The van der Waals surface area contributed by atoms with E-state index in [4.69, 9.17) is 17.3 Å². The normalized spacial score (nSPS) is 11.7. The molecule has 0 unspecified atom stereocenters. The lowest BCUT2D eigenvalue weighted by Crippen LogP contribution is -2.23. The number of rotatable bonds is 5. The standard InChI is InChI=1S/C13H15ClN2O2S2/c1-2-10-4-5-11(19-10)8-16-20(17,18)13-7-9(15)3-6-12(13)14/h3-7,16H,2,8,15H2,1H3. The molecule has 0 amide bonds. The maximum absolute atomic E-state index is 12.2. The van der Waals surface area contributed by atoms with Crippen LogP contribution in [0.1, 0.15) is 16.7 Å². The second-order valence-electron chi connectivity index (χ2n) is 4.24. The van der Waals surface area contributed by atoms with Crippen molar-refractivity contribution < 1.29 is 8.42 Å². The van der Waals surface area contributed by atoms with Gasteiger partial charge in [0, 0.05) is 22.0 Å². The Morgan fingerprint density at radius 1 is 1.25 bits per heavy atom. The minimum Gasteiger partial charge on any atom is -0.399 e.